The van der Waals surface area contributed by atoms with Crippen LogP contribution in [-0.2, 0) is 16.1 Å². The van der Waals surface area contributed by atoms with Gasteiger partial charge in [-0.15, -0.1) is 11.8 Å². The second-order valence-electron chi connectivity index (χ2n) is 8.27. The maximum atomic E-state index is 12.9. The molecule has 0 bridgehead atoms. The van der Waals surface area contributed by atoms with E-state index in [1.165, 1.54) is 11.8 Å². The highest BCUT2D eigenvalue weighted by Gasteiger charge is 2.21. The molecule has 1 saturated heterocycles. The zero-order valence-electron chi connectivity index (χ0n) is 18.5. The van der Waals surface area contributed by atoms with Gasteiger partial charge in [-0.2, -0.15) is 0 Å². The van der Waals surface area contributed by atoms with E-state index in [1.807, 2.05) is 64.2 Å². The lowest BCUT2D eigenvalue weighted by molar-refractivity contribution is -0.133. The number of carbonyl (C=O) groups is 2. The third-order valence-corrected chi connectivity index (χ3v) is 6.97. The molecule has 0 unspecified atom stereocenters. The number of aromatic nitrogens is 1. The van der Waals surface area contributed by atoms with Crippen LogP contribution >= 0.6 is 11.8 Å². The molecule has 0 aliphatic carbocycles. The first-order chi connectivity index (χ1) is 15.5. The summed E-state index contributed by atoms with van der Waals surface area (Å²) in [6.07, 6.45) is 4.14. The maximum Gasteiger partial charge on any atom is 0.242 e. The van der Waals surface area contributed by atoms with E-state index in [0.717, 1.165) is 53.2 Å². The highest BCUT2D eigenvalue weighted by Crippen LogP contribution is 2.30. The molecule has 3 aromatic rings. The van der Waals surface area contributed by atoms with Crippen molar-refractivity contribution in [3.05, 3.63) is 54.7 Å². The molecular weight excluding hydrogens is 422 g/mol. The van der Waals surface area contributed by atoms with Crippen LogP contribution in [0.15, 0.2) is 59.6 Å². The third kappa shape index (κ3) is 5.27. The highest BCUT2D eigenvalue weighted by molar-refractivity contribution is 8.00. The second kappa shape index (κ2) is 10.1. The quantitative estimate of drug-likeness (QED) is 0.532. The van der Waals surface area contributed by atoms with Gasteiger partial charge in [0.1, 0.15) is 12.3 Å². The average molecular weight is 452 g/mol. The van der Waals surface area contributed by atoms with Crippen LogP contribution in [0.1, 0.15) is 19.8 Å². The van der Waals surface area contributed by atoms with E-state index in [9.17, 15) is 9.59 Å². The number of nitrogens with one attached hydrogen (secondary N) is 1. The van der Waals surface area contributed by atoms with E-state index >= 15 is 0 Å². The number of likely N-dealkylation sites (tertiary alicyclic amines) is 1. The van der Waals surface area contributed by atoms with Crippen molar-refractivity contribution in [1.29, 1.82) is 0 Å². The van der Waals surface area contributed by atoms with Gasteiger partial charge in [0.2, 0.25) is 11.8 Å². The smallest absolute Gasteiger partial charge is 0.242 e. The van der Waals surface area contributed by atoms with Gasteiger partial charge in [0, 0.05) is 40.8 Å². The van der Waals surface area contributed by atoms with Gasteiger partial charge in [0.05, 0.1) is 12.9 Å². The number of hydrogen-bond acceptors (Lipinski definition) is 4. The molecule has 2 aromatic carbocycles. The van der Waals surface area contributed by atoms with Crippen LogP contribution < -0.4 is 10.1 Å². The number of rotatable bonds is 7. The first kappa shape index (κ1) is 22.3. The molecule has 0 radical (unpaired) electrons. The number of ether oxygens (including phenoxy) is 1. The van der Waals surface area contributed by atoms with Gasteiger partial charge in [-0.3, -0.25) is 9.59 Å². The van der Waals surface area contributed by atoms with E-state index in [0.29, 0.717) is 12.5 Å². The van der Waals surface area contributed by atoms with Gasteiger partial charge in [-0.25, -0.2) is 0 Å². The van der Waals surface area contributed by atoms with Crippen molar-refractivity contribution in [2.75, 3.05) is 31.3 Å². The van der Waals surface area contributed by atoms with Gasteiger partial charge in [-0.05, 0) is 49.1 Å². The maximum absolute atomic E-state index is 12.9. The highest BCUT2D eigenvalue weighted by atomic mass is 32.2. The van der Waals surface area contributed by atoms with E-state index in [1.54, 1.807) is 7.11 Å². The van der Waals surface area contributed by atoms with Gasteiger partial charge in [-0.1, -0.05) is 25.1 Å². The lowest BCUT2D eigenvalue weighted by atomic mass is 9.99. The molecule has 1 aliphatic heterocycles. The van der Waals surface area contributed by atoms with Crippen LogP contribution in [0, 0.1) is 5.92 Å². The average Bonchev–Trinajstić information content (AvgIpc) is 3.16. The fourth-order valence-electron chi connectivity index (χ4n) is 3.98. The van der Waals surface area contributed by atoms with Crippen molar-refractivity contribution in [3.8, 4) is 5.75 Å². The Hall–Kier alpha value is -2.93. The van der Waals surface area contributed by atoms with Crippen LogP contribution in [0.2, 0.25) is 0 Å². The van der Waals surface area contributed by atoms with E-state index in [4.69, 9.17) is 4.74 Å². The first-order valence-corrected chi connectivity index (χ1v) is 11.9. The van der Waals surface area contributed by atoms with Crippen molar-refractivity contribution in [3.63, 3.8) is 0 Å². The van der Waals surface area contributed by atoms with Crippen LogP contribution in [0.25, 0.3) is 10.9 Å². The van der Waals surface area contributed by atoms with E-state index in [2.05, 4.69) is 12.2 Å². The molecule has 4 rings (SSSR count). The molecule has 0 atom stereocenters. The summed E-state index contributed by atoms with van der Waals surface area (Å²) in [5.74, 6) is 1.82. The van der Waals surface area contributed by atoms with Crippen molar-refractivity contribution in [2.45, 2.75) is 31.2 Å². The van der Waals surface area contributed by atoms with E-state index in [-0.39, 0.29) is 17.6 Å². The number of nitrogens with zero attached hydrogens (tertiary/aromatic N) is 2. The molecular formula is C25H29N3O3S. The molecule has 1 fully saturated rings. The van der Waals surface area contributed by atoms with Gasteiger partial charge >= 0.3 is 0 Å². The zero-order chi connectivity index (χ0) is 22.5. The number of hydrogen-bond donors (Lipinski definition) is 1. The summed E-state index contributed by atoms with van der Waals surface area (Å²) >= 11 is 1.49. The fourth-order valence-corrected chi connectivity index (χ4v) is 4.87. The molecule has 6 nitrogen and oxygen atoms in total. The number of benzene rings is 2. The molecule has 1 aromatic heterocycles. The molecule has 0 spiro atoms. The minimum atomic E-state index is -0.0736. The minimum Gasteiger partial charge on any atom is -0.497 e. The molecule has 0 saturated carbocycles. The summed E-state index contributed by atoms with van der Waals surface area (Å²) in [5.41, 5.74) is 1.75. The van der Waals surface area contributed by atoms with Crippen molar-refractivity contribution in [1.82, 2.24) is 9.47 Å². The molecule has 7 heteroatoms. The summed E-state index contributed by atoms with van der Waals surface area (Å²) in [5, 5.41) is 3.98. The first-order valence-electron chi connectivity index (χ1n) is 11.0. The van der Waals surface area contributed by atoms with Crippen LogP contribution in [-0.4, -0.2) is 47.2 Å². The second-order valence-corrected chi connectivity index (χ2v) is 9.28. The Labute approximate surface area is 192 Å². The summed E-state index contributed by atoms with van der Waals surface area (Å²) in [6, 6.07) is 15.3. The number of methoxy groups -OCH3 is 1. The Balaban J connectivity index is 1.41. The molecule has 1 N–H and O–H groups in total. The Morgan fingerprint density at radius 3 is 2.53 bits per heavy atom. The standard InChI is InChI=1S/C25H29N3O3S/c1-18-11-13-27(14-12-18)25(30)16-28-15-23(21-5-3-4-6-22(21)28)32-17-24(29)26-19-7-9-20(31-2)10-8-19/h3-10,15,18H,11-14,16-17H2,1-2H3,(H,26,29). The summed E-state index contributed by atoms with van der Waals surface area (Å²) in [7, 11) is 1.61. The largest absolute Gasteiger partial charge is 0.497 e. The van der Waals surface area contributed by atoms with Crippen molar-refractivity contribution in [2.24, 2.45) is 5.92 Å². The monoisotopic (exact) mass is 451 g/mol. The Bertz CT molecular complexity index is 1090. The topological polar surface area (TPSA) is 63.6 Å². The number of anilines is 1. The number of amides is 2. The minimum absolute atomic E-state index is 0.0736. The molecule has 32 heavy (non-hydrogen) atoms. The molecule has 2 amide bonds. The van der Waals surface area contributed by atoms with Gasteiger partial charge in [0.25, 0.3) is 0 Å². The number of para-hydroxylation sites is 1. The lowest BCUT2D eigenvalue weighted by Crippen LogP contribution is -2.39. The Kier molecular flexibility index (Phi) is 7.05. The van der Waals surface area contributed by atoms with Crippen LogP contribution in [0.5, 0.6) is 5.75 Å². The predicted molar refractivity (Wildman–Crippen MR) is 129 cm³/mol. The number of piperidine rings is 1. The number of fused-ring (bicyclic) bond motifs is 1. The molecule has 2 heterocycles. The number of carbonyl (C=O) groups excluding carboxylic acids is 2. The SMILES string of the molecule is COc1ccc(NC(=O)CSc2cn(CC(=O)N3CCC(C)CC3)c3ccccc23)cc1. The summed E-state index contributed by atoms with van der Waals surface area (Å²) in [6.45, 7) is 4.25. The summed E-state index contributed by atoms with van der Waals surface area (Å²) < 4.78 is 7.16. The fraction of sp³-hybridized carbons (Fsp3) is 0.360. The third-order valence-electron chi connectivity index (χ3n) is 5.93. The van der Waals surface area contributed by atoms with Crippen LogP contribution in [0.4, 0.5) is 5.69 Å². The van der Waals surface area contributed by atoms with Gasteiger partial charge in [0.15, 0.2) is 0 Å². The Morgan fingerprint density at radius 1 is 1.09 bits per heavy atom. The number of thioether (sulfide) groups is 1. The zero-order valence-corrected chi connectivity index (χ0v) is 19.4. The summed E-state index contributed by atoms with van der Waals surface area (Å²) in [4.78, 5) is 28.3. The van der Waals surface area contributed by atoms with Crippen LogP contribution in [0.3, 0.4) is 0 Å². The van der Waals surface area contributed by atoms with Gasteiger partial charge < -0.3 is 19.5 Å². The predicted octanol–water partition coefficient (Wildman–Crippen LogP) is 4.64. The Morgan fingerprint density at radius 2 is 1.81 bits per heavy atom. The molecule has 168 valence electrons. The lowest BCUT2D eigenvalue weighted by Gasteiger charge is -2.30. The molecule has 1 aliphatic rings. The van der Waals surface area contributed by atoms with Crippen molar-refractivity contribution >= 4 is 40.2 Å². The van der Waals surface area contributed by atoms with E-state index < -0.39 is 0 Å². The van der Waals surface area contributed by atoms with Crippen molar-refractivity contribution < 1.29 is 14.3 Å². The normalized spacial score (nSPS) is 14.5.